The maximum atomic E-state index is 14.9. The minimum atomic E-state index is -3.73. The number of hydrogen-bond acceptors (Lipinski definition) is 8. The third-order valence-electron chi connectivity index (χ3n) is 6.98. The first kappa shape index (κ1) is 32.1. The van der Waals surface area contributed by atoms with Gasteiger partial charge in [-0.1, -0.05) is 34.6 Å². The summed E-state index contributed by atoms with van der Waals surface area (Å²) in [5, 5.41) is 16.6. The van der Waals surface area contributed by atoms with Gasteiger partial charge in [-0.15, -0.1) is 0 Å². The van der Waals surface area contributed by atoms with Gasteiger partial charge in [0.2, 0.25) is 5.95 Å². The standard InChI is InChI=1S/C16H9BrF3N3O.C16H8BrF2N3O/c17-11-7-12(15(18)22-8-11)14(23-24)16(19,20)10-3-4-13-9(6-10)2-1-5-21-13;17-11-7-12-14(22-23-15(12)21-8-11)16(18,19)10-3-4-13-9(6-10)2-1-5-20-13/h1-8,24H;1-8H/b23-14-;. The highest BCUT2D eigenvalue weighted by atomic mass is 79.9. The number of oxime groups is 1. The monoisotopic (exact) mass is 770 g/mol. The fourth-order valence-corrected chi connectivity index (χ4v) is 5.39. The normalized spacial score (nSPS) is 12.4. The van der Waals surface area contributed by atoms with E-state index in [0.29, 0.717) is 26.3 Å². The molecule has 0 saturated carbocycles. The average Bonchev–Trinajstić information content (AvgIpc) is 3.50. The number of rotatable bonds is 5. The molecular weight excluding hydrogens is 755 g/mol. The maximum absolute atomic E-state index is 14.9. The predicted molar refractivity (Wildman–Crippen MR) is 170 cm³/mol. The highest BCUT2D eigenvalue weighted by Crippen LogP contribution is 2.40. The Hall–Kier alpha value is -4.89. The second-order valence-electron chi connectivity index (χ2n) is 9.95. The van der Waals surface area contributed by atoms with Gasteiger partial charge in [0.05, 0.1) is 22.0 Å². The molecule has 7 aromatic rings. The van der Waals surface area contributed by atoms with Crippen LogP contribution in [0, 0.1) is 5.95 Å². The van der Waals surface area contributed by atoms with Gasteiger partial charge in [0, 0.05) is 55.6 Å². The molecule has 0 atom stereocenters. The van der Waals surface area contributed by atoms with E-state index in [4.69, 9.17) is 9.73 Å². The molecule has 15 heteroatoms. The van der Waals surface area contributed by atoms with E-state index in [9.17, 15) is 22.0 Å². The van der Waals surface area contributed by atoms with Crippen molar-refractivity contribution in [3.63, 3.8) is 0 Å². The first-order valence-electron chi connectivity index (χ1n) is 13.4. The molecule has 5 heterocycles. The summed E-state index contributed by atoms with van der Waals surface area (Å²) in [7, 11) is 0. The van der Waals surface area contributed by atoms with E-state index in [1.165, 1.54) is 36.5 Å². The van der Waals surface area contributed by atoms with E-state index in [1.807, 2.05) is 0 Å². The molecule has 0 unspecified atom stereocenters. The molecule has 47 heavy (non-hydrogen) atoms. The van der Waals surface area contributed by atoms with Crippen LogP contribution in [0.5, 0.6) is 0 Å². The van der Waals surface area contributed by atoms with Crippen molar-refractivity contribution in [3.05, 3.63) is 135 Å². The lowest BCUT2D eigenvalue weighted by Crippen LogP contribution is -2.28. The molecule has 0 saturated heterocycles. The molecule has 236 valence electrons. The van der Waals surface area contributed by atoms with Crippen molar-refractivity contribution in [1.29, 1.82) is 0 Å². The number of alkyl halides is 4. The summed E-state index contributed by atoms with van der Waals surface area (Å²) in [6, 6.07) is 17.4. The highest BCUT2D eigenvalue weighted by Gasteiger charge is 2.42. The van der Waals surface area contributed by atoms with Gasteiger partial charge in [-0.3, -0.25) is 9.97 Å². The summed E-state index contributed by atoms with van der Waals surface area (Å²) >= 11 is 6.25. The van der Waals surface area contributed by atoms with Crippen LogP contribution in [0.15, 0.2) is 116 Å². The van der Waals surface area contributed by atoms with Crippen LogP contribution in [0.1, 0.15) is 22.4 Å². The Balaban J connectivity index is 0.000000164. The number of hydrogen-bond donors (Lipinski definition) is 1. The van der Waals surface area contributed by atoms with Gasteiger partial charge in [-0.2, -0.15) is 22.0 Å². The van der Waals surface area contributed by atoms with Gasteiger partial charge in [0.1, 0.15) is 0 Å². The zero-order chi connectivity index (χ0) is 33.3. The molecule has 0 radical (unpaired) electrons. The van der Waals surface area contributed by atoms with Gasteiger partial charge in [-0.05, 0) is 80.4 Å². The predicted octanol–water partition coefficient (Wildman–Crippen LogP) is 9.18. The fraction of sp³-hybridized carbons (Fsp3) is 0.0625. The quantitative estimate of drug-likeness (QED) is 0.0611. The van der Waals surface area contributed by atoms with Crippen LogP contribution >= 0.6 is 31.9 Å². The van der Waals surface area contributed by atoms with E-state index < -0.39 is 40.3 Å². The largest absolute Gasteiger partial charge is 0.410 e. The molecule has 0 bridgehead atoms. The Morgan fingerprint density at radius 2 is 1.34 bits per heavy atom. The van der Waals surface area contributed by atoms with Gasteiger partial charge in [0.15, 0.2) is 11.4 Å². The van der Waals surface area contributed by atoms with E-state index in [1.54, 1.807) is 42.7 Å². The molecule has 0 fully saturated rings. The highest BCUT2D eigenvalue weighted by molar-refractivity contribution is 9.10. The fourth-order valence-electron chi connectivity index (χ4n) is 4.72. The van der Waals surface area contributed by atoms with E-state index in [-0.39, 0.29) is 21.1 Å². The molecule has 0 spiro atoms. The molecule has 2 aromatic carbocycles. The first-order chi connectivity index (χ1) is 22.5. The molecule has 1 N–H and O–H groups in total. The zero-order valence-corrected chi connectivity index (χ0v) is 26.6. The maximum Gasteiger partial charge on any atom is 0.319 e. The number of pyridine rings is 4. The molecule has 0 amide bonds. The smallest absolute Gasteiger partial charge is 0.319 e. The third kappa shape index (κ3) is 6.27. The topological polar surface area (TPSA) is 110 Å². The Labute approximate surface area is 278 Å². The second kappa shape index (κ2) is 12.7. The van der Waals surface area contributed by atoms with Crippen molar-refractivity contribution < 1.29 is 31.7 Å². The number of aromatic nitrogens is 5. The summed E-state index contributed by atoms with van der Waals surface area (Å²) in [5.74, 6) is -8.20. The summed E-state index contributed by atoms with van der Waals surface area (Å²) in [5.41, 5.74) is -1.53. The van der Waals surface area contributed by atoms with Crippen molar-refractivity contribution in [2.45, 2.75) is 11.8 Å². The molecule has 8 nitrogen and oxygen atoms in total. The van der Waals surface area contributed by atoms with Crippen LogP contribution in [-0.2, 0) is 11.8 Å². The third-order valence-corrected chi connectivity index (χ3v) is 7.85. The van der Waals surface area contributed by atoms with E-state index in [2.05, 4.69) is 62.1 Å². The first-order valence-corrected chi connectivity index (χ1v) is 15.0. The number of nitrogens with zero attached hydrogens (tertiary/aromatic N) is 6. The summed E-state index contributed by atoms with van der Waals surface area (Å²) in [6.45, 7) is 0. The summed E-state index contributed by atoms with van der Waals surface area (Å²) < 4.78 is 79.1. The molecule has 0 aliphatic carbocycles. The molecule has 0 aliphatic heterocycles. The lowest BCUT2D eigenvalue weighted by atomic mass is 9.97. The van der Waals surface area contributed by atoms with E-state index in [0.717, 1.165) is 18.3 Å². The van der Waals surface area contributed by atoms with Crippen LogP contribution in [0.2, 0.25) is 0 Å². The van der Waals surface area contributed by atoms with Gasteiger partial charge in [0.25, 0.3) is 5.71 Å². The zero-order valence-electron chi connectivity index (χ0n) is 23.4. The van der Waals surface area contributed by atoms with Crippen LogP contribution in [0.25, 0.3) is 32.9 Å². The minimum Gasteiger partial charge on any atom is -0.410 e. The Morgan fingerprint density at radius 3 is 2.00 bits per heavy atom. The second-order valence-corrected chi connectivity index (χ2v) is 11.8. The molecular formula is C32H17Br2F5N6O2. The van der Waals surface area contributed by atoms with Gasteiger partial charge < -0.3 is 9.73 Å². The Morgan fingerprint density at radius 1 is 0.745 bits per heavy atom. The van der Waals surface area contributed by atoms with Crippen LogP contribution < -0.4 is 0 Å². The van der Waals surface area contributed by atoms with Crippen LogP contribution in [-0.4, -0.2) is 36.0 Å². The summed E-state index contributed by atoms with van der Waals surface area (Å²) in [6.07, 6.45) is 5.75. The van der Waals surface area contributed by atoms with E-state index >= 15 is 0 Å². The van der Waals surface area contributed by atoms with Crippen LogP contribution in [0.4, 0.5) is 22.0 Å². The number of benzene rings is 2. The number of fused-ring (bicyclic) bond motifs is 3. The lowest BCUT2D eigenvalue weighted by molar-refractivity contribution is 0.0362. The Kier molecular flexibility index (Phi) is 8.68. The van der Waals surface area contributed by atoms with Crippen molar-refractivity contribution >= 4 is 70.5 Å². The summed E-state index contributed by atoms with van der Waals surface area (Å²) in [4.78, 5) is 15.5. The molecule has 5 aromatic heterocycles. The van der Waals surface area contributed by atoms with Crippen molar-refractivity contribution in [2.75, 3.05) is 0 Å². The van der Waals surface area contributed by atoms with Gasteiger partial charge >= 0.3 is 11.8 Å². The lowest BCUT2D eigenvalue weighted by Gasteiger charge is -2.19. The minimum absolute atomic E-state index is 0.0744. The van der Waals surface area contributed by atoms with Crippen molar-refractivity contribution in [2.24, 2.45) is 5.16 Å². The SMILES string of the molecule is FC(F)(c1ccc2ncccc2c1)c1noc2ncc(Br)cc12.O/N=C(/c1cc(Br)cnc1F)C(F)(F)c1ccc2ncccc2c1. The average molecular weight is 772 g/mol. The van der Waals surface area contributed by atoms with Crippen molar-refractivity contribution in [1.82, 2.24) is 25.1 Å². The molecule has 7 rings (SSSR count). The van der Waals surface area contributed by atoms with Crippen molar-refractivity contribution in [3.8, 4) is 0 Å². The Bertz CT molecular complexity index is 2300. The number of halogens is 7. The molecule has 0 aliphatic rings. The van der Waals surface area contributed by atoms with Crippen LogP contribution in [0.3, 0.4) is 0 Å². The van der Waals surface area contributed by atoms with Gasteiger partial charge in [-0.25, -0.2) is 9.97 Å².